The van der Waals surface area contributed by atoms with Crippen molar-refractivity contribution in [2.24, 2.45) is 4.99 Å². The molecule has 3 aromatic carbocycles. The van der Waals surface area contributed by atoms with Crippen molar-refractivity contribution in [2.75, 3.05) is 11.3 Å². The van der Waals surface area contributed by atoms with Crippen LogP contribution in [0.5, 0.6) is 0 Å². The van der Waals surface area contributed by atoms with Crippen molar-refractivity contribution in [3.8, 4) is 0 Å². The Hall–Kier alpha value is -3.90. The second-order valence-corrected chi connectivity index (χ2v) is 10.1. The van der Waals surface area contributed by atoms with Gasteiger partial charge < -0.3 is 9.30 Å². The molecular weight excluding hydrogens is 512 g/mol. The summed E-state index contributed by atoms with van der Waals surface area (Å²) in [5.41, 5.74) is 0.0733. The highest BCUT2D eigenvalue weighted by atomic mass is 32.2. The van der Waals surface area contributed by atoms with Crippen molar-refractivity contribution < 1.29 is 31.5 Å². The Morgan fingerprint density at radius 1 is 1.06 bits per heavy atom. The molecule has 0 aliphatic carbocycles. The van der Waals surface area contributed by atoms with Crippen LogP contribution in [0.15, 0.2) is 76.6 Å². The van der Waals surface area contributed by atoms with Crippen molar-refractivity contribution in [1.82, 2.24) is 4.57 Å². The Balaban J connectivity index is 1.72. The Bertz CT molecular complexity index is 1630. The number of rotatable bonds is 7. The number of esters is 1. The molecule has 0 bridgehead atoms. The van der Waals surface area contributed by atoms with E-state index in [1.165, 1.54) is 36.4 Å². The highest BCUT2D eigenvalue weighted by Crippen LogP contribution is 2.23. The molecule has 0 spiro atoms. The average Bonchev–Trinajstić information content (AvgIpc) is 3.16. The summed E-state index contributed by atoms with van der Waals surface area (Å²) >= 11 is 0.823. The molecule has 4 aromatic rings. The van der Waals surface area contributed by atoms with E-state index in [1.807, 2.05) is 0 Å². The fourth-order valence-electron chi connectivity index (χ4n) is 3.38. The highest BCUT2D eigenvalue weighted by Gasteiger charge is 2.18. The van der Waals surface area contributed by atoms with Crippen LogP contribution in [0.4, 0.5) is 14.5 Å². The Kier molecular flexibility index (Phi) is 7.27. The molecule has 1 heterocycles. The third-order valence-corrected chi connectivity index (χ3v) is 7.32. The Morgan fingerprint density at radius 3 is 2.53 bits per heavy atom. The minimum atomic E-state index is -3.89. The van der Waals surface area contributed by atoms with E-state index >= 15 is 0 Å². The van der Waals surface area contributed by atoms with E-state index in [0.717, 1.165) is 22.0 Å². The van der Waals surface area contributed by atoms with Gasteiger partial charge in [0, 0.05) is 17.3 Å². The van der Waals surface area contributed by atoms with Gasteiger partial charge in [-0.1, -0.05) is 35.6 Å². The predicted molar refractivity (Wildman–Crippen MR) is 130 cm³/mol. The first kappa shape index (κ1) is 25.2. The van der Waals surface area contributed by atoms with Crippen molar-refractivity contribution in [1.29, 1.82) is 0 Å². The van der Waals surface area contributed by atoms with E-state index in [2.05, 4.69) is 9.71 Å². The van der Waals surface area contributed by atoms with Gasteiger partial charge in [0.25, 0.3) is 15.9 Å². The maximum atomic E-state index is 14.6. The van der Waals surface area contributed by atoms with Gasteiger partial charge in [0.05, 0.1) is 21.7 Å². The van der Waals surface area contributed by atoms with E-state index < -0.39 is 40.1 Å². The molecule has 0 aliphatic rings. The van der Waals surface area contributed by atoms with Crippen LogP contribution in [0.1, 0.15) is 17.3 Å². The number of anilines is 1. The normalized spacial score (nSPS) is 12.0. The van der Waals surface area contributed by atoms with Crippen molar-refractivity contribution >= 4 is 49.1 Å². The van der Waals surface area contributed by atoms with Gasteiger partial charge in [-0.15, -0.1) is 0 Å². The third kappa shape index (κ3) is 5.50. The second kappa shape index (κ2) is 10.4. The number of hydrogen-bond donors (Lipinski definition) is 1. The molecule has 0 radical (unpaired) electrons. The fraction of sp³-hybridized carbons (Fsp3) is 0.125. The van der Waals surface area contributed by atoms with Gasteiger partial charge in [-0.2, -0.15) is 4.99 Å². The van der Waals surface area contributed by atoms with E-state index in [-0.39, 0.29) is 37.8 Å². The lowest BCUT2D eigenvalue weighted by molar-refractivity contribution is -0.143. The van der Waals surface area contributed by atoms with Crippen LogP contribution >= 0.6 is 11.3 Å². The van der Waals surface area contributed by atoms with E-state index in [0.29, 0.717) is 6.07 Å². The number of ether oxygens (including phenoxy) is 1. The minimum Gasteiger partial charge on any atom is -0.465 e. The zero-order valence-corrected chi connectivity index (χ0v) is 20.4. The molecule has 186 valence electrons. The number of carbonyl (C=O) groups is 2. The van der Waals surface area contributed by atoms with E-state index in [4.69, 9.17) is 4.74 Å². The van der Waals surface area contributed by atoms with Crippen LogP contribution in [0, 0.1) is 11.6 Å². The number of fused-ring (bicyclic) bond motifs is 1. The third-order valence-electron chi connectivity index (χ3n) is 4.90. The van der Waals surface area contributed by atoms with Crippen molar-refractivity contribution in [3.05, 3.63) is 88.7 Å². The number of nitrogens with one attached hydrogen (secondary N) is 1. The largest absolute Gasteiger partial charge is 0.465 e. The van der Waals surface area contributed by atoms with E-state index in [1.54, 1.807) is 25.1 Å². The van der Waals surface area contributed by atoms with Crippen LogP contribution in [0.2, 0.25) is 0 Å². The van der Waals surface area contributed by atoms with Gasteiger partial charge in [0.15, 0.2) is 10.6 Å². The van der Waals surface area contributed by atoms with Crippen LogP contribution in [0.3, 0.4) is 0 Å². The molecule has 0 atom stereocenters. The first-order valence-corrected chi connectivity index (χ1v) is 12.9. The van der Waals surface area contributed by atoms with Crippen LogP contribution in [0.25, 0.3) is 10.2 Å². The highest BCUT2D eigenvalue weighted by molar-refractivity contribution is 7.92. The van der Waals surface area contributed by atoms with E-state index in [9.17, 15) is 26.8 Å². The van der Waals surface area contributed by atoms with Gasteiger partial charge >= 0.3 is 5.97 Å². The number of halogens is 2. The number of aromatic nitrogens is 1. The van der Waals surface area contributed by atoms with Gasteiger partial charge in [-0.3, -0.25) is 14.3 Å². The number of nitrogens with zero attached hydrogens (tertiary/aromatic N) is 2. The van der Waals surface area contributed by atoms with Crippen LogP contribution < -0.4 is 9.52 Å². The molecule has 1 aromatic heterocycles. The maximum Gasteiger partial charge on any atom is 0.326 e. The quantitative estimate of drug-likeness (QED) is 0.362. The summed E-state index contributed by atoms with van der Waals surface area (Å²) < 4.78 is 62.2. The van der Waals surface area contributed by atoms with Crippen molar-refractivity contribution in [2.45, 2.75) is 18.4 Å². The molecule has 8 nitrogen and oxygen atoms in total. The maximum absolute atomic E-state index is 14.6. The molecule has 36 heavy (non-hydrogen) atoms. The SMILES string of the molecule is CCOC(=O)Cn1c(=NC(=O)c2cccc(NS(=O)(=O)c3ccccc3)c2)sc2cc(F)cc(F)c21. The lowest BCUT2D eigenvalue weighted by atomic mass is 10.2. The number of sulfonamides is 1. The smallest absolute Gasteiger partial charge is 0.326 e. The number of hydrogen-bond acceptors (Lipinski definition) is 6. The van der Waals surface area contributed by atoms with Crippen LogP contribution in [-0.2, 0) is 26.1 Å². The van der Waals surface area contributed by atoms with Crippen molar-refractivity contribution in [3.63, 3.8) is 0 Å². The zero-order valence-electron chi connectivity index (χ0n) is 18.8. The second-order valence-electron chi connectivity index (χ2n) is 7.43. The van der Waals surface area contributed by atoms with Crippen LogP contribution in [-0.4, -0.2) is 31.5 Å². The minimum absolute atomic E-state index is 0.0371. The van der Waals surface area contributed by atoms with Gasteiger partial charge in [-0.05, 0) is 43.3 Å². The molecule has 0 unspecified atom stereocenters. The standard InChI is InChI=1S/C24H19F2N3O5S2/c1-2-34-21(30)14-29-22-19(26)12-16(25)13-20(22)35-24(29)27-23(31)15-7-6-8-17(11-15)28-36(32,33)18-9-4-3-5-10-18/h3-13,28H,2,14H2,1H3. The Morgan fingerprint density at radius 2 is 1.81 bits per heavy atom. The number of benzene rings is 3. The summed E-state index contributed by atoms with van der Waals surface area (Å²) in [6.07, 6.45) is 0. The van der Waals surface area contributed by atoms with Gasteiger partial charge in [0.1, 0.15) is 12.4 Å². The number of carbonyl (C=O) groups excluding carboxylic acids is 2. The van der Waals surface area contributed by atoms with Gasteiger partial charge in [0.2, 0.25) is 0 Å². The zero-order chi connectivity index (χ0) is 25.9. The molecule has 4 rings (SSSR count). The summed E-state index contributed by atoms with van der Waals surface area (Å²) in [7, 11) is -3.89. The Labute approximate surface area is 208 Å². The monoisotopic (exact) mass is 531 g/mol. The molecular formula is C24H19F2N3O5S2. The average molecular weight is 532 g/mol. The summed E-state index contributed by atoms with van der Waals surface area (Å²) in [5, 5.41) is 0. The fourth-order valence-corrected chi connectivity index (χ4v) is 5.52. The first-order valence-electron chi connectivity index (χ1n) is 10.6. The summed E-state index contributed by atoms with van der Waals surface area (Å²) in [6.45, 7) is 1.26. The van der Waals surface area contributed by atoms with Gasteiger partial charge in [-0.25, -0.2) is 17.2 Å². The molecule has 0 saturated heterocycles. The lowest BCUT2D eigenvalue weighted by Gasteiger charge is -2.08. The summed E-state index contributed by atoms with van der Waals surface area (Å²) in [6, 6.07) is 15.1. The topological polar surface area (TPSA) is 107 Å². The molecule has 12 heteroatoms. The molecule has 1 N–H and O–H groups in total. The molecule has 0 aliphatic heterocycles. The molecule has 1 amide bonds. The number of thiazole rings is 1. The molecule has 0 saturated carbocycles. The number of amides is 1. The predicted octanol–water partition coefficient (Wildman–Crippen LogP) is 4.09. The molecule has 0 fully saturated rings. The summed E-state index contributed by atoms with van der Waals surface area (Å²) in [4.78, 5) is 29.1. The lowest BCUT2D eigenvalue weighted by Crippen LogP contribution is -2.23. The summed E-state index contributed by atoms with van der Waals surface area (Å²) in [5.74, 6) is -3.20. The first-order chi connectivity index (χ1) is 17.2.